The summed E-state index contributed by atoms with van der Waals surface area (Å²) >= 11 is 13.8. The molecule has 7 heteroatoms. The highest BCUT2D eigenvalue weighted by atomic mass is 35.5. The maximum Gasteiger partial charge on any atom is 0.270 e. The number of ether oxygens (including phenoxy) is 1. The van der Waals surface area contributed by atoms with Crippen LogP contribution in [0.15, 0.2) is 47.8 Å². The standard InChI is InChI=1S/C20H18Cl2N2O2S/c1-26-18-8-3-2-5-13(18)9-10-23-20(25)17-12-27-19(24-17)11-14-15(21)6-4-7-16(14)22/h2-8,12H,9-11H2,1H3,(H,23,25). The molecule has 0 saturated carbocycles. The lowest BCUT2D eigenvalue weighted by molar-refractivity contribution is 0.0949. The van der Waals surface area contributed by atoms with Crippen LogP contribution in [0, 0.1) is 0 Å². The molecule has 1 N–H and O–H groups in total. The first kappa shape index (κ1) is 19.7. The van der Waals surface area contributed by atoms with Gasteiger partial charge in [0.2, 0.25) is 0 Å². The highest BCUT2D eigenvalue weighted by Crippen LogP contribution is 2.27. The van der Waals surface area contributed by atoms with Gasteiger partial charge >= 0.3 is 0 Å². The van der Waals surface area contributed by atoms with Gasteiger partial charge in [-0.25, -0.2) is 4.98 Å². The molecule has 0 aliphatic rings. The predicted molar refractivity (Wildman–Crippen MR) is 110 cm³/mol. The summed E-state index contributed by atoms with van der Waals surface area (Å²) in [7, 11) is 1.64. The van der Waals surface area contributed by atoms with Crippen LogP contribution in [0.3, 0.4) is 0 Å². The van der Waals surface area contributed by atoms with Crippen molar-refractivity contribution in [3.63, 3.8) is 0 Å². The second kappa shape index (κ2) is 9.22. The first-order valence-electron chi connectivity index (χ1n) is 8.36. The largest absolute Gasteiger partial charge is 0.496 e. The molecule has 1 amide bonds. The Labute approximate surface area is 172 Å². The molecule has 3 rings (SSSR count). The van der Waals surface area contributed by atoms with Crippen LogP contribution in [0.5, 0.6) is 5.75 Å². The number of benzene rings is 2. The molecule has 2 aromatic carbocycles. The first-order chi connectivity index (χ1) is 13.1. The predicted octanol–water partition coefficient (Wildman–Crippen LogP) is 5.02. The number of methoxy groups -OCH3 is 1. The maximum atomic E-state index is 12.3. The monoisotopic (exact) mass is 420 g/mol. The third-order valence-electron chi connectivity index (χ3n) is 4.05. The molecular formula is C20H18Cl2N2O2S. The lowest BCUT2D eigenvalue weighted by Gasteiger charge is -2.08. The van der Waals surface area contributed by atoms with Crippen LogP contribution in [-0.2, 0) is 12.8 Å². The fourth-order valence-electron chi connectivity index (χ4n) is 2.66. The number of nitrogens with zero attached hydrogens (tertiary/aromatic N) is 1. The number of carbonyl (C=O) groups excluding carboxylic acids is 1. The van der Waals surface area contributed by atoms with E-state index in [-0.39, 0.29) is 5.91 Å². The second-order valence-corrected chi connectivity index (χ2v) is 7.58. The normalized spacial score (nSPS) is 10.6. The molecule has 0 aliphatic carbocycles. The lowest BCUT2D eigenvalue weighted by Crippen LogP contribution is -2.26. The van der Waals surface area contributed by atoms with Crippen LogP contribution in [0.1, 0.15) is 26.6 Å². The van der Waals surface area contributed by atoms with Gasteiger partial charge in [-0.05, 0) is 35.7 Å². The maximum absolute atomic E-state index is 12.3. The van der Waals surface area contributed by atoms with Crippen molar-refractivity contribution in [1.82, 2.24) is 10.3 Å². The van der Waals surface area contributed by atoms with Crippen LogP contribution >= 0.6 is 34.5 Å². The molecule has 3 aromatic rings. The molecule has 0 spiro atoms. The Kier molecular flexibility index (Phi) is 6.72. The van der Waals surface area contributed by atoms with Gasteiger partial charge in [-0.1, -0.05) is 47.5 Å². The van der Waals surface area contributed by atoms with Crippen molar-refractivity contribution >= 4 is 40.4 Å². The zero-order chi connectivity index (χ0) is 19.2. The Hall–Kier alpha value is -2.08. The zero-order valence-corrected chi connectivity index (χ0v) is 17.0. The van der Waals surface area contributed by atoms with Crippen molar-refractivity contribution in [1.29, 1.82) is 0 Å². The molecule has 4 nitrogen and oxygen atoms in total. The smallest absolute Gasteiger partial charge is 0.270 e. The van der Waals surface area contributed by atoms with E-state index in [4.69, 9.17) is 27.9 Å². The topological polar surface area (TPSA) is 51.2 Å². The Morgan fingerprint density at radius 1 is 1.15 bits per heavy atom. The Bertz CT molecular complexity index is 923. The summed E-state index contributed by atoms with van der Waals surface area (Å²) in [5, 5.41) is 6.63. The van der Waals surface area contributed by atoms with E-state index in [2.05, 4.69) is 10.3 Å². The van der Waals surface area contributed by atoms with Crippen molar-refractivity contribution in [2.45, 2.75) is 12.8 Å². The number of hydrogen-bond donors (Lipinski definition) is 1. The first-order valence-corrected chi connectivity index (χ1v) is 9.99. The van der Waals surface area contributed by atoms with Crippen LogP contribution < -0.4 is 10.1 Å². The minimum absolute atomic E-state index is 0.197. The highest BCUT2D eigenvalue weighted by molar-refractivity contribution is 7.09. The molecule has 0 unspecified atom stereocenters. The second-order valence-electron chi connectivity index (χ2n) is 5.82. The van der Waals surface area contributed by atoms with Crippen molar-refractivity contribution in [3.8, 4) is 5.75 Å². The van der Waals surface area contributed by atoms with Gasteiger partial charge in [0.1, 0.15) is 11.4 Å². The molecule has 27 heavy (non-hydrogen) atoms. The van der Waals surface area contributed by atoms with Gasteiger partial charge < -0.3 is 10.1 Å². The molecular weight excluding hydrogens is 403 g/mol. The molecule has 0 bridgehead atoms. The van der Waals surface area contributed by atoms with E-state index < -0.39 is 0 Å². The summed E-state index contributed by atoms with van der Waals surface area (Å²) in [4.78, 5) is 16.8. The summed E-state index contributed by atoms with van der Waals surface area (Å²) in [5.41, 5.74) is 2.27. The van der Waals surface area contributed by atoms with E-state index in [0.29, 0.717) is 35.1 Å². The fraction of sp³-hybridized carbons (Fsp3) is 0.200. The number of rotatable bonds is 7. The van der Waals surface area contributed by atoms with E-state index >= 15 is 0 Å². The van der Waals surface area contributed by atoms with Crippen LogP contribution in [0.4, 0.5) is 0 Å². The zero-order valence-electron chi connectivity index (χ0n) is 14.7. The summed E-state index contributed by atoms with van der Waals surface area (Å²) in [5.74, 6) is 0.622. The van der Waals surface area contributed by atoms with Gasteiger partial charge in [0, 0.05) is 28.4 Å². The number of hydrogen-bond acceptors (Lipinski definition) is 4. The molecule has 0 saturated heterocycles. The van der Waals surface area contributed by atoms with Crippen LogP contribution in [-0.4, -0.2) is 24.5 Å². The molecule has 0 atom stereocenters. The number of amides is 1. The fourth-order valence-corrected chi connectivity index (χ4v) is 3.98. The minimum atomic E-state index is -0.197. The number of halogens is 2. The summed E-state index contributed by atoms with van der Waals surface area (Å²) in [6.07, 6.45) is 1.18. The van der Waals surface area contributed by atoms with Crippen molar-refractivity contribution < 1.29 is 9.53 Å². The van der Waals surface area contributed by atoms with Crippen molar-refractivity contribution in [3.05, 3.63) is 79.7 Å². The van der Waals surface area contributed by atoms with Crippen molar-refractivity contribution in [2.75, 3.05) is 13.7 Å². The third-order valence-corrected chi connectivity index (χ3v) is 5.60. The number of nitrogens with one attached hydrogen (secondary N) is 1. The minimum Gasteiger partial charge on any atom is -0.496 e. The van der Waals surface area contributed by atoms with E-state index in [1.807, 2.05) is 24.3 Å². The SMILES string of the molecule is COc1ccccc1CCNC(=O)c1csc(Cc2c(Cl)cccc2Cl)n1. The van der Waals surface area contributed by atoms with Gasteiger partial charge in [-0.2, -0.15) is 0 Å². The number of carbonyl (C=O) groups is 1. The van der Waals surface area contributed by atoms with E-state index in [9.17, 15) is 4.79 Å². The van der Waals surface area contributed by atoms with Crippen molar-refractivity contribution in [2.24, 2.45) is 0 Å². The Morgan fingerprint density at radius 2 is 1.89 bits per heavy atom. The third kappa shape index (κ3) is 5.01. The van der Waals surface area contributed by atoms with Gasteiger partial charge in [0.15, 0.2) is 0 Å². The molecule has 0 aliphatic heterocycles. The van der Waals surface area contributed by atoms with E-state index in [1.54, 1.807) is 30.7 Å². The Balaban J connectivity index is 1.58. The summed E-state index contributed by atoms with van der Waals surface area (Å²) in [6.45, 7) is 0.502. The van der Waals surface area contributed by atoms with Crippen LogP contribution in [0.25, 0.3) is 0 Å². The van der Waals surface area contributed by atoms with Gasteiger partial charge in [-0.3, -0.25) is 4.79 Å². The molecule has 1 aromatic heterocycles. The lowest BCUT2D eigenvalue weighted by atomic mass is 10.1. The molecule has 1 heterocycles. The quantitative estimate of drug-likeness (QED) is 0.583. The summed E-state index contributed by atoms with van der Waals surface area (Å²) in [6, 6.07) is 13.2. The highest BCUT2D eigenvalue weighted by Gasteiger charge is 2.13. The Morgan fingerprint density at radius 3 is 2.63 bits per heavy atom. The average Bonchev–Trinajstić information content (AvgIpc) is 3.14. The van der Waals surface area contributed by atoms with Gasteiger partial charge in [0.05, 0.1) is 12.1 Å². The van der Waals surface area contributed by atoms with Gasteiger partial charge in [0.25, 0.3) is 5.91 Å². The summed E-state index contributed by atoms with van der Waals surface area (Å²) < 4.78 is 5.32. The van der Waals surface area contributed by atoms with Crippen LogP contribution in [0.2, 0.25) is 10.0 Å². The molecule has 140 valence electrons. The number of aromatic nitrogens is 1. The van der Waals surface area contributed by atoms with E-state index in [1.165, 1.54) is 11.3 Å². The molecule has 0 fully saturated rings. The number of para-hydroxylation sites is 1. The van der Waals surface area contributed by atoms with E-state index in [0.717, 1.165) is 21.9 Å². The average molecular weight is 421 g/mol. The van der Waals surface area contributed by atoms with Gasteiger partial charge in [-0.15, -0.1) is 11.3 Å². The number of thiazole rings is 1. The molecule has 0 radical (unpaired) electrons.